The highest BCUT2D eigenvalue weighted by Gasteiger charge is 2.26. The highest BCUT2D eigenvalue weighted by atomic mass is 16.6. The van der Waals surface area contributed by atoms with E-state index in [1.807, 2.05) is 0 Å². The van der Waals surface area contributed by atoms with Crippen molar-refractivity contribution in [2.75, 3.05) is 11.9 Å². The number of ether oxygens (including phenoxy) is 1. The van der Waals surface area contributed by atoms with Crippen LogP contribution in [0.25, 0.3) is 0 Å². The van der Waals surface area contributed by atoms with Crippen LogP contribution in [0.5, 0.6) is 0 Å². The molecule has 0 heterocycles. The Bertz CT molecular complexity index is 670. The van der Waals surface area contributed by atoms with E-state index in [1.165, 1.54) is 25.1 Å². The summed E-state index contributed by atoms with van der Waals surface area (Å²) < 4.78 is 5.04. The van der Waals surface area contributed by atoms with Crippen LogP contribution >= 0.6 is 0 Å². The first-order valence-corrected chi connectivity index (χ1v) is 7.57. The number of carbonyl (C=O) groups excluding carboxylic acids is 2. The van der Waals surface area contributed by atoms with E-state index in [0.717, 1.165) is 18.9 Å². The number of hydrogen-bond donors (Lipinski definition) is 2. The molecule has 0 saturated heterocycles. The SMILES string of the molecule is C=CCNC(=O)C(C)OC(=O)c1ccc(NC2CC2)c([N+](=O)[O-])c1. The number of benzene rings is 1. The number of anilines is 1. The summed E-state index contributed by atoms with van der Waals surface area (Å²) in [6.07, 6.45) is 2.43. The molecule has 1 fully saturated rings. The second kappa shape index (κ2) is 7.58. The monoisotopic (exact) mass is 333 g/mol. The third-order valence-electron chi connectivity index (χ3n) is 3.44. The molecular weight excluding hydrogens is 314 g/mol. The minimum atomic E-state index is -1.01. The van der Waals surface area contributed by atoms with Crippen LogP contribution in [0.3, 0.4) is 0 Å². The normalized spacial score (nSPS) is 14.4. The van der Waals surface area contributed by atoms with Gasteiger partial charge in [-0.2, -0.15) is 0 Å². The van der Waals surface area contributed by atoms with Gasteiger partial charge in [0.25, 0.3) is 11.6 Å². The molecule has 0 spiro atoms. The molecule has 2 rings (SSSR count). The molecule has 24 heavy (non-hydrogen) atoms. The first kappa shape index (κ1) is 17.5. The van der Waals surface area contributed by atoms with Gasteiger partial charge in [0, 0.05) is 18.7 Å². The van der Waals surface area contributed by atoms with E-state index in [9.17, 15) is 19.7 Å². The van der Waals surface area contributed by atoms with Gasteiger partial charge in [0.15, 0.2) is 6.10 Å². The molecule has 1 aromatic rings. The number of rotatable bonds is 8. The molecule has 128 valence electrons. The molecule has 1 unspecified atom stereocenters. The Morgan fingerprint density at radius 3 is 2.79 bits per heavy atom. The van der Waals surface area contributed by atoms with Gasteiger partial charge >= 0.3 is 5.97 Å². The maximum Gasteiger partial charge on any atom is 0.339 e. The Morgan fingerprint density at radius 2 is 2.21 bits per heavy atom. The van der Waals surface area contributed by atoms with Gasteiger partial charge < -0.3 is 15.4 Å². The van der Waals surface area contributed by atoms with Gasteiger partial charge in [-0.05, 0) is 31.9 Å². The summed E-state index contributed by atoms with van der Waals surface area (Å²) in [4.78, 5) is 34.4. The van der Waals surface area contributed by atoms with Crippen molar-refractivity contribution in [2.24, 2.45) is 0 Å². The lowest BCUT2D eigenvalue weighted by molar-refractivity contribution is -0.384. The first-order chi connectivity index (χ1) is 11.4. The van der Waals surface area contributed by atoms with Crippen molar-refractivity contribution < 1.29 is 19.2 Å². The zero-order valence-corrected chi connectivity index (χ0v) is 13.3. The summed E-state index contributed by atoms with van der Waals surface area (Å²) in [5, 5.41) is 16.7. The van der Waals surface area contributed by atoms with E-state index in [1.54, 1.807) is 0 Å². The van der Waals surface area contributed by atoms with E-state index in [2.05, 4.69) is 17.2 Å². The van der Waals surface area contributed by atoms with E-state index in [0.29, 0.717) is 5.69 Å². The topological polar surface area (TPSA) is 111 Å². The van der Waals surface area contributed by atoms with Crippen LogP contribution < -0.4 is 10.6 Å². The smallest absolute Gasteiger partial charge is 0.339 e. The number of nitro benzene ring substituents is 1. The standard InChI is InChI=1S/C16H19N3O5/c1-3-8-17-15(20)10(2)24-16(21)11-4-7-13(18-12-5-6-12)14(9-11)19(22)23/h3-4,7,9-10,12,18H,1,5-6,8H2,2H3,(H,17,20). The predicted octanol–water partition coefficient (Wildman–Crippen LogP) is 2.02. The van der Waals surface area contributed by atoms with Gasteiger partial charge in [-0.1, -0.05) is 6.08 Å². The molecule has 1 aromatic carbocycles. The Morgan fingerprint density at radius 1 is 1.50 bits per heavy atom. The fourth-order valence-corrected chi connectivity index (χ4v) is 1.98. The predicted molar refractivity (Wildman–Crippen MR) is 87.8 cm³/mol. The lowest BCUT2D eigenvalue weighted by Gasteiger charge is -2.13. The van der Waals surface area contributed by atoms with Gasteiger partial charge in [-0.25, -0.2) is 4.79 Å². The summed E-state index contributed by atoms with van der Waals surface area (Å²) in [6.45, 7) is 5.15. The van der Waals surface area contributed by atoms with Crippen LogP contribution in [0, 0.1) is 10.1 Å². The summed E-state index contributed by atoms with van der Waals surface area (Å²) in [7, 11) is 0. The Balaban J connectivity index is 2.08. The van der Waals surface area contributed by atoms with Crippen LogP contribution in [-0.2, 0) is 9.53 Å². The highest BCUT2D eigenvalue weighted by Crippen LogP contribution is 2.31. The van der Waals surface area contributed by atoms with E-state index < -0.39 is 22.9 Å². The fraction of sp³-hybridized carbons (Fsp3) is 0.375. The van der Waals surface area contributed by atoms with Crippen LogP contribution in [0.4, 0.5) is 11.4 Å². The molecule has 8 nitrogen and oxygen atoms in total. The van der Waals surface area contributed by atoms with Crippen LogP contribution in [0.2, 0.25) is 0 Å². The van der Waals surface area contributed by atoms with Crippen LogP contribution in [-0.4, -0.2) is 35.5 Å². The van der Waals surface area contributed by atoms with Gasteiger partial charge in [0.2, 0.25) is 0 Å². The van der Waals surface area contributed by atoms with Gasteiger partial charge in [0.1, 0.15) is 5.69 Å². The van der Waals surface area contributed by atoms with Crippen molar-refractivity contribution in [1.29, 1.82) is 0 Å². The lowest BCUT2D eigenvalue weighted by atomic mass is 10.1. The molecule has 0 bridgehead atoms. The summed E-state index contributed by atoms with van der Waals surface area (Å²) in [6, 6.07) is 4.32. The molecule has 0 aliphatic heterocycles. The zero-order valence-electron chi connectivity index (χ0n) is 13.3. The summed E-state index contributed by atoms with van der Waals surface area (Å²) >= 11 is 0. The quantitative estimate of drug-likeness (QED) is 0.326. The number of esters is 1. The molecule has 2 N–H and O–H groups in total. The van der Waals surface area contributed by atoms with Crippen molar-refractivity contribution in [3.63, 3.8) is 0 Å². The van der Waals surface area contributed by atoms with Crippen LogP contribution in [0.15, 0.2) is 30.9 Å². The molecule has 0 aromatic heterocycles. The molecule has 1 atom stereocenters. The first-order valence-electron chi connectivity index (χ1n) is 7.57. The summed E-state index contributed by atoms with van der Waals surface area (Å²) in [5.41, 5.74) is 0.197. The summed E-state index contributed by atoms with van der Waals surface area (Å²) in [5.74, 6) is -1.26. The minimum Gasteiger partial charge on any atom is -0.449 e. The third-order valence-corrected chi connectivity index (χ3v) is 3.44. The molecule has 1 aliphatic carbocycles. The molecule has 1 aliphatic rings. The number of hydrogen-bond acceptors (Lipinski definition) is 6. The molecule has 8 heteroatoms. The van der Waals surface area contributed by atoms with Crippen LogP contribution in [0.1, 0.15) is 30.1 Å². The van der Waals surface area contributed by atoms with E-state index >= 15 is 0 Å². The van der Waals surface area contributed by atoms with Gasteiger partial charge in [0.05, 0.1) is 10.5 Å². The van der Waals surface area contributed by atoms with Crippen molar-refractivity contribution in [1.82, 2.24) is 5.32 Å². The number of carbonyl (C=O) groups is 2. The zero-order chi connectivity index (χ0) is 17.7. The molecular formula is C16H19N3O5. The number of nitrogens with one attached hydrogen (secondary N) is 2. The largest absolute Gasteiger partial charge is 0.449 e. The highest BCUT2D eigenvalue weighted by molar-refractivity contribution is 5.93. The molecule has 0 radical (unpaired) electrons. The second-order valence-electron chi connectivity index (χ2n) is 5.49. The molecule has 1 amide bonds. The fourth-order valence-electron chi connectivity index (χ4n) is 1.98. The second-order valence-corrected chi connectivity index (χ2v) is 5.49. The Kier molecular flexibility index (Phi) is 5.51. The Hall–Kier alpha value is -2.90. The number of nitrogens with zero attached hydrogens (tertiary/aromatic N) is 1. The average Bonchev–Trinajstić information content (AvgIpc) is 3.36. The number of amides is 1. The lowest BCUT2D eigenvalue weighted by Crippen LogP contribution is -2.35. The van der Waals surface area contributed by atoms with Gasteiger partial charge in [-0.3, -0.25) is 14.9 Å². The average molecular weight is 333 g/mol. The van der Waals surface area contributed by atoms with Gasteiger partial charge in [-0.15, -0.1) is 6.58 Å². The minimum absolute atomic E-state index is 0.0198. The Labute approximate surface area is 139 Å². The third kappa shape index (κ3) is 4.55. The maximum absolute atomic E-state index is 12.1. The maximum atomic E-state index is 12.1. The molecule has 1 saturated carbocycles. The van der Waals surface area contributed by atoms with Crippen molar-refractivity contribution in [3.8, 4) is 0 Å². The van der Waals surface area contributed by atoms with E-state index in [4.69, 9.17) is 4.74 Å². The number of nitro groups is 1. The van der Waals surface area contributed by atoms with Crippen molar-refractivity contribution >= 4 is 23.3 Å². The van der Waals surface area contributed by atoms with Crippen molar-refractivity contribution in [3.05, 3.63) is 46.5 Å². The van der Waals surface area contributed by atoms with Crippen molar-refractivity contribution in [2.45, 2.75) is 31.9 Å². The van der Waals surface area contributed by atoms with E-state index in [-0.39, 0.29) is 23.8 Å².